The van der Waals surface area contributed by atoms with Gasteiger partial charge in [0.05, 0.1) is 5.52 Å². The molecule has 1 aromatic heterocycles. The van der Waals surface area contributed by atoms with E-state index in [-0.39, 0.29) is 12.3 Å². The van der Waals surface area contributed by atoms with Crippen molar-refractivity contribution in [1.82, 2.24) is 9.88 Å². The molecule has 0 saturated carbocycles. The third-order valence-electron chi connectivity index (χ3n) is 3.84. The van der Waals surface area contributed by atoms with Gasteiger partial charge in [-0.1, -0.05) is 19.9 Å². The highest BCUT2D eigenvalue weighted by Crippen LogP contribution is 2.24. The molecule has 2 aromatic rings. The van der Waals surface area contributed by atoms with E-state index in [1.54, 1.807) is 6.07 Å². The quantitative estimate of drug-likeness (QED) is 0.876. The predicted molar refractivity (Wildman–Crippen MR) is 80.4 cm³/mol. The molecule has 22 heavy (non-hydrogen) atoms. The number of hydrogen-bond donors (Lipinski definition) is 1. The van der Waals surface area contributed by atoms with Crippen molar-refractivity contribution in [2.24, 2.45) is 5.92 Å². The number of oxazole rings is 1. The minimum Gasteiger partial charge on any atom is -0.408 e. The molecular formula is C16H18N2O4. The predicted octanol–water partition coefficient (Wildman–Crippen LogP) is 1.77. The molecule has 0 aliphatic carbocycles. The number of amides is 2. The third-order valence-corrected chi connectivity index (χ3v) is 3.84. The lowest BCUT2D eigenvalue weighted by Gasteiger charge is -2.21. The van der Waals surface area contributed by atoms with Gasteiger partial charge in [-0.3, -0.25) is 19.5 Å². The zero-order valence-corrected chi connectivity index (χ0v) is 12.6. The van der Waals surface area contributed by atoms with Gasteiger partial charge in [0, 0.05) is 6.42 Å². The molecule has 1 aliphatic rings. The first-order valence-electron chi connectivity index (χ1n) is 7.43. The minimum atomic E-state index is -0.694. The fourth-order valence-electron chi connectivity index (χ4n) is 2.90. The minimum absolute atomic E-state index is 0.223. The molecule has 0 radical (unpaired) electrons. The van der Waals surface area contributed by atoms with Crippen molar-refractivity contribution in [3.05, 3.63) is 34.3 Å². The second-order valence-corrected chi connectivity index (χ2v) is 6.10. The van der Waals surface area contributed by atoms with Crippen molar-refractivity contribution in [2.75, 3.05) is 0 Å². The molecule has 6 heteroatoms. The van der Waals surface area contributed by atoms with Crippen LogP contribution in [0.5, 0.6) is 0 Å². The van der Waals surface area contributed by atoms with Gasteiger partial charge in [-0.15, -0.1) is 0 Å². The Morgan fingerprint density at radius 3 is 2.77 bits per heavy atom. The van der Waals surface area contributed by atoms with Crippen molar-refractivity contribution in [3.63, 3.8) is 0 Å². The van der Waals surface area contributed by atoms with E-state index in [1.807, 2.05) is 12.1 Å². The summed E-state index contributed by atoms with van der Waals surface area (Å²) >= 11 is 0. The van der Waals surface area contributed by atoms with E-state index in [4.69, 9.17) is 4.42 Å². The SMILES string of the molecule is CC(C)Cc1ccc2oc(=O)n(C3CCC(=O)NC3=O)c2c1. The smallest absolute Gasteiger partial charge is 0.408 e. The molecule has 2 heterocycles. The van der Waals surface area contributed by atoms with Crippen LogP contribution in [0.25, 0.3) is 11.1 Å². The Bertz CT molecular complexity index is 800. The first-order chi connectivity index (χ1) is 10.5. The Balaban J connectivity index is 2.08. The molecule has 1 aliphatic heterocycles. The maximum Gasteiger partial charge on any atom is 0.420 e. The number of nitrogens with one attached hydrogen (secondary N) is 1. The van der Waals surface area contributed by atoms with Crippen molar-refractivity contribution in [3.8, 4) is 0 Å². The van der Waals surface area contributed by atoms with Gasteiger partial charge in [0.2, 0.25) is 11.8 Å². The van der Waals surface area contributed by atoms with E-state index in [2.05, 4.69) is 19.2 Å². The molecule has 3 rings (SSSR count). The molecule has 1 unspecified atom stereocenters. The van der Waals surface area contributed by atoms with E-state index in [0.717, 1.165) is 12.0 Å². The van der Waals surface area contributed by atoms with E-state index < -0.39 is 17.7 Å². The average molecular weight is 302 g/mol. The maximum absolute atomic E-state index is 12.1. The fourth-order valence-corrected chi connectivity index (χ4v) is 2.90. The summed E-state index contributed by atoms with van der Waals surface area (Å²) in [4.78, 5) is 35.4. The molecule has 1 atom stereocenters. The maximum atomic E-state index is 12.1. The van der Waals surface area contributed by atoms with Crippen LogP contribution in [0.2, 0.25) is 0 Å². The summed E-state index contributed by atoms with van der Waals surface area (Å²) in [5.41, 5.74) is 2.16. The number of rotatable bonds is 3. The van der Waals surface area contributed by atoms with Crippen LogP contribution in [0.4, 0.5) is 0 Å². The second-order valence-electron chi connectivity index (χ2n) is 6.10. The van der Waals surface area contributed by atoms with Crippen LogP contribution in [0.15, 0.2) is 27.4 Å². The Morgan fingerprint density at radius 1 is 1.32 bits per heavy atom. The van der Waals surface area contributed by atoms with Crippen LogP contribution in [0, 0.1) is 5.92 Å². The van der Waals surface area contributed by atoms with Crippen LogP contribution < -0.4 is 11.1 Å². The van der Waals surface area contributed by atoms with Gasteiger partial charge in [-0.05, 0) is 36.5 Å². The summed E-state index contributed by atoms with van der Waals surface area (Å²) in [5, 5.41) is 2.28. The van der Waals surface area contributed by atoms with Gasteiger partial charge >= 0.3 is 5.76 Å². The third kappa shape index (κ3) is 2.56. The van der Waals surface area contributed by atoms with Crippen molar-refractivity contribution in [1.29, 1.82) is 0 Å². The molecular weight excluding hydrogens is 284 g/mol. The zero-order valence-electron chi connectivity index (χ0n) is 12.6. The molecule has 1 saturated heterocycles. The van der Waals surface area contributed by atoms with Crippen LogP contribution in [0.1, 0.15) is 38.3 Å². The standard InChI is InChI=1S/C16H18N2O4/c1-9(2)7-10-3-5-13-12(8-10)18(16(21)22-13)11-4-6-14(19)17-15(11)20/h3,5,8-9,11H,4,6-7H2,1-2H3,(H,17,19,20). The number of nitrogens with zero attached hydrogens (tertiary/aromatic N) is 1. The van der Waals surface area contributed by atoms with Gasteiger partial charge in [-0.25, -0.2) is 4.79 Å². The summed E-state index contributed by atoms with van der Waals surface area (Å²) in [6.45, 7) is 4.24. The average Bonchev–Trinajstić information content (AvgIpc) is 2.74. The number of benzene rings is 1. The van der Waals surface area contributed by atoms with Gasteiger partial charge in [0.15, 0.2) is 5.58 Å². The normalized spacial score (nSPS) is 19.0. The molecule has 0 spiro atoms. The number of imide groups is 1. The molecule has 1 aromatic carbocycles. The molecule has 6 nitrogen and oxygen atoms in total. The van der Waals surface area contributed by atoms with E-state index in [0.29, 0.717) is 23.4 Å². The Hall–Kier alpha value is -2.37. The van der Waals surface area contributed by atoms with E-state index in [9.17, 15) is 14.4 Å². The topological polar surface area (TPSA) is 81.3 Å². The van der Waals surface area contributed by atoms with Gasteiger partial charge in [0.25, 0.3) is 0 Å². The lowest BCUT2D eigenvalue weighted by atomic mass is 10.0. The first kappa shape index (κ1) is 14.6. The van der Waals surface area contributed by atoms with Gasteiger partial charge in [-0.2, -0.15) is 0 Å². The van der Waals surface area contributed by atoms with Crippen LogP contribution in [0.3, 0.4) is 0 Å². The molecule has 2 amide bonds. The highest BCUT2D eigenvalue weighted by Gasteiger charge is 2.31. The summed E-state index contributed by atoms with van der Waals surface area (Å²) in [5.74, 6) is -0.829. The van der Waals surface area contributed by atoms with Crippen LogP contribution >= 0.6 is 0 Å². The summed E-state index contributed by atoms with van der Waals surface area (Å²) in [7, 11) is 0. The van der Waals surface area contributed by atoms with Crippen molar-refractivity contribution >= 4 is 22.9 Å². The monoisotopic (exact) mass is 302 g/mol. The van der Waals surface area contributed by atoms with Crippen LogP contribution in [-0.2, 0) is 16.0 Å². The largest absolute Gasteiger partial charge is 0.420 e. The van der Waals surface area contributed by atoms with Gasteiger partial charge in [0.1, 0.15) is 6.04 Å². The number of fused-ring (bicyclic) bond motifs is 1. The molecule has 1 N–H and O–H groups in total. The Kier molecular flexibility index (Phi) is 3.60. The zero-order chi connectivity index (χ0) is 15.9. The Morgan fingerprint density at radius 2 is 2.09 bits per heavy atom. The highest BCUT2D eigenvalue weighted by molar-refractivity contribution is 6.00. The lowest BCUT2D eigenvalue weighted by Crippen LogP contribution is -2.43. The summed E-state index contributed by atoms with van der Waals surface area (Å²) < 4.78 is 6.59. The fraction of sp³-hybridized carbons (Fsp3) is 0.438. The van der Waals surface area contributed by atoms with Gasteiger partial charge < -0.3 is 4.42 Å². The number of aromatic nitrogens is 1. The summed E-state index contributed by atoms with van der Waals surface area (Å²) in [6, 6.07) is 4.89. The van der Waals surface area contributed by atoms with E-state index >= 15 is 0 Å². The molecule has 0 bridgehead atoms. The first-order valence-corrected chi connectivity index (χ1v) is 7.43. The van der Waals surface area contributed by atoms with E-state index in [1.165, 1.54) is 4.57 Å². The number of carbonyl (C=O) groups excluding carboxylic acids is 2. The lowest BCUT2D eigenvalue weighted by molar-refractivity contribution is -0.135. The Labute approximate surface area is 127 Å². The van der Waals surface area contributed by atoms with Crippen molar-refractivity contribution < 1.29 is 14.0 Å². The number of hydrogen-bond acceptors (Lipinski definition) is 4. The summed E-state index contributed by atoms with van der Waals surface area (Å²) in [6.07, 6.45) is 1.42. The highest BCUT2D eigenvalue weighted by atomic mass is 16.4. The number of piperidine rings is 1. The molecule has 1 fully saturated rings. The second kappa shape index (κ2) is 5.44. The molecule has 116 valence electrons. The number of carbonyl (C=O) groups is 2. The van der Waals surface area contributed by atoms with Crippen LogP contribution in [-0.4, -0.2) is 16.4 Å². The van der Waals surface area contributed by atoms with Crippen molar-refractivity contribution in [2.45, 2.75) is 39.2 Å².